The molecule has 7 heteroatoms. The second-order valence-electron chi connectivity index (χ2n) is 7.51. The Morgan fingerprint density at radius 2 is 1.93 bits per heavy atom. The van der Waals surface area contributed by atoms with Gasteiger partial charge in [0.1, 0.15) is 11.6 Å². The van der Waals surface area contributed by atoms with Gasteiger partial charge in [0.15, 0.2) is 5.65 Å². The largest absolute Gasteiger partial charge is 0.497 e. The van der Waals surface area contributed by atoms with Crippen molar-refractivity contribution in [2.24, 2.45) is 5.73 Å². The zero-order valence-electron chi connectivity index (χ0n) is 16.3. The Hall–Kier alpha value is -2.80. The molecule has 1 aliphatic rings. The molecule has 1 fully saturated rings. The van der Waals surface area contributed by atoms with E-state index in [0.29, 0.717) is 17.8 Å². The first-order chi connectivity index (χ1) is 13.7. The number of ether oxygens (including phenoxy) is 1. The molecular weight excluding hydrogens is 352 g/mol. The number of imidazole rings is 1. The lowest BCUT2D eigenvalue weighted by Gasteiger charge is -2.28. The van der Waals surface area contributed by atoms with E-state index in [2.05, 4.69) is 27.5 Å². The number of nitrogens with one attached hydrogen (secondary N) is 1. The maximum Gasteiger partial charge on any atom is 0.177 e. The molecule has 148 valence electrons. The van der Waals surface area contributed by atoms with Gasteiger partial charge in [-0.1, -0.05) is 12.1 Å². The Morgan fingerprint density at radius 1 is 1.18 bits per heavy atom. The number of aromatic nitrogens is 3. The van der Waals surface area contributed by atoms with Crippen molar-refractivity contribution < 1.29 is 4.74 Å². The summed E-state index contributed by atoms with van der Waals surface area (Å²) < 4.78 is 6.98. The molecule has 0 bridgehead atoms. The number of fused-ring (bicyclic) bond motifs is 1. The third kappa shape index (κ3) is 3.75. The number of benzene rings is 1. The predicted molar refractivity (Wildman–Crippen MR) is 112 cm³/mol. The van der Waals surface area contributed by atoms with Crippen LogP contribution in [-0.2, 0) is 6.42 Å². The van der Waals surface area contributed by atoms with E-state index in [0.717, 1.165) is 61.3 Å². The van der Waals surface area contributed by atoms with Crippen molar-refractivity contribution in [2.45, 2.75) is 44.1 Å². The van der Waals surface area contributed by atoms with Crippen LogP contribution in [0.15, 0.2) is 36.7 Å². The van der Waals surface area contributed by atoms with E-state index >= 15 is 0 Å². The fourth-order valence-electron chi connectivity index (χ4n) is 4.09. The van der Waals surface area contributed by atoms with Crippen molar-refractivity contribution in [3.05, 3.63) is 47.8 Å². The van der Waals surface area contributed by atoms with Gasteiger partial charge in [0, 0.05) is 30.5 Å². The molecule has 1 saturated carbocycles. The van der Waals surface area contributed by atoms with Crippen LogP contribution >= 0.6 is 0 Å². The molecule has 1 aromatic carbocycles. The first-order valence-electron chi connectivity index (χ1n) is 9.91. The lowest BCUT2D eigenvalue weighted by molar-refractivity contribution is 0.396. The zero-order valence-corrected chi connectivity index (χ0v) is 16.3. The number of nitrogens with zero attached hydrogens (tertiary/aromatic N) is 3. The van der Waals surface area contributed by atoms with Crippen LogP contribution in [0.25, 0.3) is 5.65 Å². The Bertz CT molecular complexity index is 928. The van der Waals surface area contributed by atoms with Gasteiger partial charge in [0.2, 0.25) is 0 Å². The van der Waals surface area contributed by atoms with Crippen LogP contribution in [0.2, 0.25) is 0 Å². The minimum atomic E-state index is 0.298. The molecule has 0 spiro atoms. The second kappa shape index (κ2) is 8.06. The van der Waals surface area contributed by atoms with E-state index in [1.807, 2.05) is 18.3 Å². The summed E-state index contributed by atoms with van der Waals surface area (Å²) in [5.41, 5.74) is 16.7. The fraction of sp³-hybridized carbons (Fsp3) is 0.429. The highest BCUT2D eigenvalue weighted by Gasteiger charge is 2.26. The van der Waals surface area contributed by atoms with Crippen molar-refractivity contribution in [2.75, 3.05) is 24.7 Å². The lowest BCUT2D eigenvalue weighted by Crippen LogP contribution is -2.27. The minimum absolute atomic E-state index is 0.298. The smallest absolute Gasteiger partial charge is 0.177 e. The summed E-state index contributed by atoms with van der Waals surface area (Å²) >= 11 is 0. The molecule has 1 aliphatic carbocycles. The monoisotopic (exact) mass is 380 g/mol. The van der Waals surface area contributed by atoms with Crippen LogP contribution in [0.4, 0.5) is 11.5 Å². The standard InChI is InChI=1S/C21H28N6O/c1-28-17-8-2-14(3-9-17)10-11-24-19-18(15-4-6-16(22)7-5-15)20(23)26-27-13-12-25-21(19)27/h2-3,8-9,12-13,15-16,24H,4-7,10-11,22H2,1H3,(H2,23,26)/t15-,16-. The number of anilines is 2. The van der Waals surface area contributed by atoms with Crippen molar-refractivity contribution in [3.8, 4) is 5.75 Å². The Morgan fingerprint density at radius 3 is 2.64 bits per heavy atom. The lowest BCUT2D eigenvalue weighted by atomic mass is 9.81. The average molecular weight is 380 g/mol. The summed E-state index contributed by atoms with van der Waals surface area (Å²) in [7, 11) is 1.68. The van der Waals surface area contributed by atoms with Gasteiger partial charge >= 0.3 is 0 Å². The van der Waals surface area contributed by atoms with Crippen molar-refractivity contribution in [1.82, 2.24) is 14.6 Å². The molecule has 0 unspecified atom stereocenters. The number of hydrogen-bond acceptors (Lipinski definition) is 6. The summed E-state index contributed by atoms with van der Waals surface area (Å²) in [4.78, 5) is 4.52. The molecule has 2 aromatic heterocycles. The number of methoxy groups -OCH3 is 1. The molecule has 0 saturated heterocycles. The molecule has 28 heavy (non-hydrogen) atoms. The Balaban J connectivity index is 1.57. The molecule has 0 amide bonds. The van der Waals surface area contributed by atoms with Gasteiger partial charge in [-0.2, -0.15) is 0 Å². The predicted octanol–water partition coefficient (Wildman–Crippen LogP) is 2.96. The number of hydrogen-bond donors (Lipinski definition) is 3. The van der Waals surface area contributed by atoms with E-state index in [1.54, 1.807) is 17.8 Å². The Labute approximate surface area is 165 Å². The van der Waals surface area contributed by atoms with Gasteiger partial charge in [-0.15, -0.1) is 5.10 Å². The molecule has 2 heterocycles. The SMILES string of the molecule is COc1ccc(CCNc2c3nccn3nc(N)c2[C@H]2CC[C@H](N)CC2)cc1. The van der Waals surface area contributed by atoms with E-state index in [9.17, 15) is 0 Å². The summed E-state index contributed by atoms with van der Waals surface area (Å²) in [6.45, 7) is 0.789. The van der Waals surface area contributed by atoms with E-state index in [1.165, 1.54) is 5.56 Å². The zero-order chi connectivity index (χ0) is 19.5. The topological polar surface area (TPSA) is 103 Å². The van der Waals surface area contributed by atoms with Crippen LogP contribution in [-0.4, -0.2) is 34.3 Å². The van der Waals surface area contributed by atoms with Crippen molar-refractivity contribution in [3.63, 3.8) is 0 Å². The summed E-state index contributed by atoms with van der Waals surface area (Å²) in [6.07, 6.45) is 8.62. The highest BCUT2D eigenvalue weighted by Crippen LogP contribution is 2.40. The summed E-state index contributed by atoms with van der Waals surface area (Å²) in [5.74, 6) is 1.82. The van der Waals surface area contributed by atoms with Crippen LogP contribution in [0.3, 0.4) is 0 Å². The molecule has 0 radical (unpaired) electrons. The molecular formula is C21H28N6O. The first-order valence-corrected chi connectivity index (χ1v) is 9.91. The van der Waals surface area contributed by atoms with Gasteiger partial charge in [-0.05, 0) is 55.7 Å². The maximum atomic E-state index is 6.38. The van der Waals surface area contributed by atoms with Crippen LogP contribution < -0.4 is 21.5 Å². The van der Waals surface area contributed by atoms with Gasteiger partial charge in [0.05, 0.1) is 12.8 Å². The average Bonchev–Trinajstić information content (AvgIpc) is 3.17. The first kappa shape index (κ1) is 18.6. The highest BCUT2D eigenvalue weighted by molar-refractivity contribution is 5.76. The van der Waals surface area contributed by atoms with Gasteiger partial charge in [-0.3, -0.25) is 0 Å². The van der Waals surface area contributed by atoms with Gasteiger partial charge < -0.3 is 21.5 Å². The number of nitrogens with two attached hydrogens (primary N) is 2. The van der Waals surface area contributed by atoms with Crippen LogP contribution in [0.5, 0.6) is 5.75 Å². The number of nitrogen functional groups attached to an aromatic ring is 1. The van der Waals surface area contributed by atoms with Gasteiger partial charge in [-0.25, -0.2) is 9.50 Å². The summed E-state index contributed by atoms with van der Waals surface area (Å²) in [6, 6.07) is 8.46. The third-order valence-corrected chi connectivity index (χ3v) is 5.66. The van der Waals surface area contributed by atoms with Crippen molar-refractivity contribution >= 4 is 17.2 Å². The van der Waals surface area contributed by atoms with E-state index < -0.39 is 0 Å². The molecule has 5 N–H and O–H groups in total. The highest BCUT2D eigenvalue weighted by atomic mass is 16.5. The maximum absolute atomic E-state index is 6.38. The molecule has 3 aromatic rings. The van der Waals surface area contributed by atoms with Crippen molar-refractivity contribution in [1.29, 1.82) is 0 Å². The number of rotatable bonds is 6. The van der Waals surface area contributed by atoms with Crippen LogP contribution in [0, 0.1) is 0 Å². The quantitative estimate of drug-likeness (QED) is 0.607. The van der Waals surface area contributed by atoms with Crippen LogP contribution in [0.1, 0.15) is 42.7 Å². The normalized spacial score (nSPS) is 19.6. The summed E-state index contributed by atoms with van der Waals surface area (Å²) in [5, 5.41) is 8.13. The molecule has 4 rings (SSSR count). The third-order valence-electron chi connectivity index (χ3n) is 5.66. The van der Waals surface area contributed by atoms with Gasteiger partial charge in [0.25, 0.3) is 0 Å². The van der Waals surface area contributed by atoms with E-state index in [4.69, 9.17) is 16.2 Å². The fourth-order valence-corrected chi connectivity index (χ4v) is 4.09. The molecule has 0 aliphatic heterocycles. The van der Waals surface area contributed by atoms with E-state index in [-0.39, 0.29) is 0 Å². The minimum Gasteiger partial charge on any atom is -0.497 e. The molecule has 7 nitrogen and oxygen atoms in total. The molecule has 0 atom stereocenters. The Kier molecular flexibility index (Phi) is 5.34. The second-order valence-corrected chi connectivity index (χ2v) is 7.51.